The summed E-state index contributed by atoms with van der Waals surface area (Å²) in [6, 6.07) is 0.594. The molecule has 1 heterocycles. The van der Waals surface area contributed by atoms with Gasteiger partial charge in [0.15, 0.2) is 0 Å². The molecule has 0 aliphatic heterocycles. The van der Waals surface area contributed by atoms with Gasteiger partial charge in [-0.25, -0.2) is 4.68 Å². The lowest BCUT2D eigenvalue weighted by molar-refractivity contribution is -0.0330. The van der Waals surface area contributed by atoms with E-state index in [0.29, 0.717) is 6.04 Å². The van der Waals surface area contributed by atoms with Gasteiger partial charge in [-0.1, -0.05) is 0 Å². The summed E-state index contributed by atoms with van der Waals surface area (Å²) >= 11 is 0. The van der Waals surface area contributed by atoms with Gasteiger partial charge in [-0.3, -0.25) is 0 Å². The highest BCUT2D eigenvalue weighted by atomic mass is 15.4. The van der Waals surface area contributed by atoms with Crippen molar-refractivity contribution in [1.29, 1.82) is 0 Å². The van der Waals surface area contributed by atoms with Crippen molar-refractivity contribution in [2.24, 2.45) is 23.7 Å². The van der Waals surface area contributed by atoms with Crippen LogP contribution in [0.1, 0.15) is 43.8 Å². The summed E-state index contributed by atoms with van der Waals surface area (Å²) in [5.41, 5.74) is 8.13. The standard InChI is InChI=1S/C16H26N4/c1-9-14(17)16(19(2)3)20(18-9)15-12-5-10-4-11(7-12)8-13(15)6-10/h10-13,15H,4-8,17H2,1-3H3. The van der Waals surface area contributed by atoms with Gasteiger partial charge in [0.2, 0.25) is 0 Å². The zero-order valence-corrected chi connectivity index (χ0v) is 12.8. The quantitative estimate of drug-likeness (QED) is 0.902. The van der Waals surface area contributed by atoms with Crippen LogP contribution in [0.3, 0.4) is 0 Å². The zero-order valence-electron chi connectivity index (χ0n) is 12.8. The molecular formula is C16H26N4. The van der Waals surface area contributed by atoms with E-state index in [1.165, 1.54) is 32.1 Å². The molecule has 4 aliphatic carbocycles. The third-order valence-corrected chi connectivity index (χ3v) is 5.99. The van der Waals surface area contributed by atoms with Gasteiger partial charge in [0.05, 0.1) is 17.4 Å². The Bertz CT molecular complexity index is 503. The van der Waals surface area contributed by atoms with Crippen LogP contribution in [-0.4, -0.2) is 23.9 Å². The Kier molecular flexibility index (Phi) is 2.60. The molecule has 4 fully saturated rings. The molecule has 2 N–H and O–H groups in total. The van der Waals surface area contributed by atoms with E-state index in [9.17, 15) is 0 Å². The highest BCUT2D eigenvalue weighted by Gasteiger charge is 2.50. The van der Waals surface area contributed by atoms with E-state index < -0.39 is 0 Å². The van der Waals surface area contributed by atoms with Crippen molar-refractivity contribution < 1.29 is 0 Å². The van der Waals surface area contributed by atoms with E-state index >= 15 is 0 Å². The Morgan fingerprint density at radius 2 is 1.60 bits per heavy atom. The molecule has 0 spiro atoms. The van der Waals surface area contributed by atoms with Crippen molar-refractivity contribution in [3.05, 3.63) is 5.69 Å². The molecule has 4 bridgehead atoms. The maximum Gasteiger partial charge on any atom is 0.150 e. The number of aromatic nitrogens is 2. The first-order valence-corrected chi connectivity index (χ1v) is 8.06. The third kappa shape index (κ3) is 1.63. The smallest absolute Gasteiger partial charge is 0.150 e. The van der Waals surface area contributed by atoms with Gasteiger partial charge in [-0.2, -0.15) is 5.10 Å². The Labute approximate surface area is 121 Å². The maximum atomic E-state index is 6.27. The van der Waals surface area contributed by atoms with Crippen LogP contribution in [0.5, 0.6) is 0 Å². The number of anilines is 2. The number of aryl methyl sites for hydroxylation is 1. The molecule has 4 aliphatic rings. The van der Waals surface area contributed by atoms with Gasteiger partial charge < -0.3 is 10.6 Å². The van der Waals surface area contributed by atoms with Crippen molar-refractivity contribution in [3.63, 3.8) is 0 Å². The van der Waals surface area contributed by atoms with E-state index in [4.69, 9.17) is 10.8 Å². The predicted molar refractivity (Wildman–Crippen MR) is 81.8 cm³/mol. The van der Waals surface area contributed by atoms with Crippen LogP contribution < -0.4 is 10.6 Å². The Morgan fingerprint density at radius 1 is 1.05 bits per heavy atom. The average molecular weight is 274 g/mol. The van der Waals surface area contributed by atoms with E-state index in [-0.39, 0.29) is 0 Å². The molecule has 0 aromatic carbocycles. The van der Waals surface area contributed by atoms with Crippen LogP contribution in [-0.2, 0) is 0 Å². The fraction of sp³-hybridized carbons (Fsp3) is 0.812. The first kappa shape index (κ1) is 12.5. The molecule has 0 radical (unpaired) electrons. The minimum Gasteiger partial charge on any atom is -0.394 e. The molecule has 4 nitrogen and oxygen atoms in total. The zero-order chi connectivity index (χ0) is 14.0. The van der Waals surface area contributed by atoms with Gasteiger partial charge in [-0.05, 0) is 62.7 Å². The molecule has 0 saturated heterocycles. The van der Waals surface area contributed by atoms with Crippen molar-refractivity contribution in [3.8, 4) is 0 Å². The lowest BCUT2D eigenvalue weighted by Gasteiger charge is -2.54. The van der Waals surface area contributed by atoms with Crippen molar-refractivity contribution >= 4 is 11.5 Å². The molecule has 1 aromatic rings. The van der Waals surface area contributed by atoms with Crippen molar-refractivity contribution in [2.75, 3.05) is 24.7 Å². The fourth-order valence-corrected chi connectivity index (χ4v) is 5.50. The van der Waals surface area contributed by atoms with Gasteiger partial charge in [0.25, 0.3) is 0 Å². The highest BCUT2D eigenvalue weighted by Crippen LogP contribution is 2.58. The number of hydrogen-bond donors (Lipinski definition) is 1. The molecule has 0 amide bonds. The van der Waals surface area contributed by atoms with Gasteiger partial charge in [-0.15, -0.1) is 0 Å². The number of hydrogen-bond acceptors (Lipinski definition) is 3. The van der Waals surface area contributed by atoms with Crippen LogP contribution in [0, 0.1) is 30.6 Å². The van der Waals surface area contributed by atoms with Crippen LogP contribution in [0.2, 0.25) is 0 Å². The number of nitrogens with zero attached hydrogens (tertiary/aromatic N) is 3. The van der Waals surface area contributed by atoms with E-state index in [0.717, 1.165) is 40.9 Å². The number of rotatable bonds is 2. The summed E-state index contributed by atoms with van der Waals surface area (Å²) in [6.07, 6.45) is 7.18. The third-order valence-electron chi connectivity index (χ3n) is 5.99. The second-order valence-corrected chi connectivity index (χ2v) is 7.58. The fourth-order valence-electron chi connectivity index (χ4n) is 5.50. The van der Waals surface area contributed by atoms with Crippen molar-refractivity contribution in [2.45, 2.75) is 45.1 Å². The van der Waals surface area contributed by atoms with Crippen LogP contribution in [0.15, 0.2) is 0 Å². The first-order valence-electron chi connectivity index (χ1n) is 8.06. The maximum absolute atomic E-state index is 6.27. The predicted octanol–water partition coefficient (Wildman–Crippen LogP) is 2.84. The monoisotopic (exact) mass is 274 g/mol. The van der Waals surface area contributed by atoms with E-state index in [2.05, 4.69) is 23.7 Å². The summed E-state index contributed by atoms with van der Waals surface area (Å²) in [6.45, 7) is 2.04. The minimum absolute atomic E-state index is 0.594. The molecular weight excluding hydrogens is 248 g/mol. The normalized spacial score (nSPS) is 38.5. The molecule has 4 saturated carbocycles. The summed E-state index contributed by atoms with van der Waals surface area (Å²) in [4.78, 5) is 2.14. The summed E-state index contributed by atoms with van der Waals surface area (Å²) in [5, 5.41) is 4.83. The van der Waals surface area contributed by atoms with Crippen LogP contribution in [0.25, 0.3) is 0 Å². The molecule has 4 heteroatoms. The topological polar surface area (TPSA) is 47.1 Å². The summed E-state index contributed by atoms with van der Waals surface area (Å²) in [5.74, 6) is 4.81. The average Bonchev–Trinajstić information content (AvgIpc) is 2.64. The lowest BCUT2D eigenvalue weighted by Crippen LogP contribution is -2.46. The largest absolute Gasteiger partial charge is 0.394 e. The van der Waals surface area contributed by atoms with Gasteiger partial charge in [0.1, 0.15) is 5.82 Å². The van der Waals surface area contributed by atoms with Gasteiger partial charge in [0, 0.05) is 14.1 Å². The summed E-state index contributed by atoms with van der Waals surface area (Å²) in [7, 11) is 4.17. The number of nitrogens with two attached hydrogens (primary N) is 1. The lowest BCUT2D eigenvalue weighted by atomic mass is 9.54. The van der Waals surface area contributed by atoms with Crippen molar-refractivity contribution in [1.82, 2.24) is 9.78 Å². The van der Waals surface area contributed by atoms with E-state index in [1.807, 2.05) is 6.92 Å². The first-order chi connectivity index (χ1) is 9.54. The molecule has 0 unspecified atom stereocenters. The minimum atomic E-state index is 0.594. The Morgan fingerprint density at radius 3 is 2.10 bits per heavy atom. The molecule has 5 rings (SSSR count). The number of nitrogen functional groups attached to an aromatic ring is 1. The van der Waals surface area contributed by atoms with E-state index in [1.54, 1.807) is 0 Å². The Balaban J connectivity index is 1.76. The molecule has 1 aromatic heterocycles. The molecule has 20 heavy (non-hydrogen) atoms. The van der Waals surface area contributed by atoms with Crippen LogP contribution in [0.4, 0.5) is 11.5 Å². The Hall–Kier alpha value is -1.19. The SMILES string of the molecule is Cc1nn(C2C3CC4CC(C3)CC2C4)c(N(C)C)c1N. The second kappa shape index (κ2) is 4.15. The molecule has 0 atom stereocenters. The molecule has 110 valence electrons. The summed E-state index contributed by atoms with van der Waals surface area (Å²) < 4.78 is 2.29. The second-order valence-electron chi connectivity index (χ2n) is 7.58. The van der Waals surface area contributed by atoms with Gasteiger partial charge >= 0.3 is 0 Å². The highest BCUT2D eigenvalue weighted by molar-refractivity contribution is 5.65. The van der Waals surface area contributed by atoms with Crippen LogP contribution >= 0.6 is 0 Å².